The fourth-order valence-corrected chi connectivity index (χ4v) is 4.50. The highest BCUT2D eigenvalue weighted by atomic mass is 79.9. The number of hydrogen-bond donors (Lipinski definition) is 0. The number of carbonyl (C=O) groups is 1. The molecule has 2 nitrogen and oxygen atoms in total. The molecule has 2 aromatic rings. The molecule has 94 valence electrons. The summed E-state index contributed by atoms with van der Waals surface area (Å²) >= 11 is 8.28. The number of rotatable bonds is 4. The molecule has 0 radical (unpaired) electrons. The van der Waals surface area contributed by atoms with Crippen LogP contribution in [0.5, 0.6) is 5.75 Å². The average Bonchev–Trinajstić information content (AvgIpc) is 2.69. The Morgan fingerprint density at radius 2 is 2.06 bits per heavy atom. The van der Waals surface area contributed by atoms with Gasteiger partial charge in [0.05, 0.1) is 14.7 Å². The minimum atomic E-state index is 0.0772. The maximum absolute atomic E-state index is 12.2. The van der Waals surface area contributed by atoms with Gasteiger partial charge in [0.2, 0.25) is 0 Å². The van der Waals surface area contributed by atoms with E-state index < -0.39 is 0 Å². The van der Waals surface area contributed by atoms with Gasteiger partial charge in [-0.25, -0.2) is 0 Å². The van der Waals surface area contributed by atoms with Crippen molar-refractivity contribution >= 4 is 49.0 Å². The van der Waals surface area contributed by atoms with Crippen LogP contribution in [0.25, 0.3) is 0 Å². The summed E-state index contributed by atoms with van der Waals surface area (Å²) in [5.74, 6) is 0.824. The summed E-state index contributed by atoms with van der Waals surface area (Å²) in [4.78, 5) is 12.2. The van der Waals surface area contributed by atoms with Crippen molar-refractivity contribution < 1.29 is 9.53 Å². The summed E-state index contributed by atoms with van der Waals surface area (Å²) in [6, 6.07) is 9.41. The van der Waals surface area contributed by atoms with Crippen molar-refractivity contribution in [3.63, 3.8) is 0 Å². The Labute approximate surface area is 126 Å². The monoisotopic (exact) mass is 388 g/mol. The lowest BCUT2D eigenvalue weighted by atomic mass is 10.0. The van der Waals surface area contributed by atoms with Crippen LogP contribution in [0.3, 0.4) is 0 Å². The van der Waals surface area contributed by atoms with Gasteiger partial charge >= 0.3 is 0 Å². The van der Waals surface area contributed by atoms with E-state index >= 15 is 0 Å². The number of thiophene rings is 1. The minimum Gasteiger partial charge on any atom is -0.496 e. The summed E-state index contributed by atoms with van der Waals surface area (Å²) < 4.78 is 7.05. The molecule has 0 aliphatic heterocycles. The molecule has 5 heteroatoms. The predicted octanol–water partition coefficient (Wildman–Crippen LogP) is 4.71. The molecule has 2 rings (SSSR count). The van der Waals surface area contributed by atoms with E-state index in [1.54, 1.807) is 7.11 Å². The predicted molar refractivity (Wildman–Crippen MR) is 80.7 cm³/mol. The highest BCUT2D eigenvalue weighted by molar-refractivity contribution is 9.12. The van der Waals surface area contributed by atoms with Crippen LogP contribution in [-0.2, 0) is 6.42 Å². The van der Waals surface area contributed by atoms with E-state index in [0.717, 1.165) is 18.9 Å². The van der Waals surface area contributed by atoms with Gasteiger partial charge in [-0.15, -0.1) is 11.3 Å². The fourth-order valence-electron chi connectivity index (χ4n) is 1.65. The third kappa shape index (κ3) is 3.02. The smallest absolute Gasteiger partial charge is 0.169 e. The number of hydrogen-bond acceptors (Lipinski definition) is 3. The van der Waals surface area contributed by atoms with Gasteiger partial charge < -0.3 is 4.74 Å². The number of Topliss-reactive ketones (excluding diaryl/α,β-unsaturated/α-hetero) is 1. The SMILES string of the molecule is COc1ccccc1CC(=O)c1cc(Br)sc1Br. The number of para-hydroxylation sites is 1. The van der Waals surface area contributed by atoms with Crippen molar-refractivity contribution in [3.8, 4) is 5.75 Å². The van der Waals surface area contributed by atoms with E-state index in [-0.39, 0.29) is 5.78 Å². The van der Waals surface area contributed by atoms with Gasteiger partial charge in [-0.1, -0.05) is 18.2 Å². The average molecular weight is 390 g/mol. The molecule has 0 saturated carbocycles. The first-order valence-electron chi connectivity index (χ1n) is 5.21. The minimum absolute atomic E-state index is 0.0772. The fraction of sp³-hybridized carbons (Fsp3) is 0.154. The molecule has 1 aromatic heterocycles. The standard InChI is InChI=1S/C13H10Br2O2S/c1-17-11-5-3-2-4-8(11)6-10(16)9-7-12(14)18-13(9)15/h2-5,7H,6H2,1H3. The lowest BCUT2D eigenvalue weighted by molar-refractivity contribution is 0.0992. The van der Waals surface area contributed by atoms with E-state index in [4.69, 9.17) is 4.74 Å². The summed E-state index contributed by atoms with van der Waals surface area (Å²) in [5.41, 5.74) is 1.61. The lowest BCUT2D eigenvalue weighted by Gasteiger charge is -2.06. The second kappa shape index (κ2) is 5.99. The third-order valence-electron chi connectivity index (χ3n) is 2.50. The highest BCUT2D eigenvalue weighted by Gasteiger charge is 2.15. The Balaban J connectivity index is 2.24. The molecular formula is C13H10Br2O2S. The largest absolute Gasteiger partial charge is 0.496 e. The van der Waals surface area contributed by atoms with Gasteiger partial charge in [0.1, 0.15) is 5.75 Å². The first-order chi connectivity index (χ1) is 8.61. The summed E-state index contributed by atoms with van der Waals surface area (Å²) in [7, 11) is 1.61. The van der Waals surface area contributed by atoms with Gasteiger partial charge in [-0.3, -0.25) is 4.79 Å². The number of halogens is 2. The first-order valence-corrected chi connectivity index (χ1v) is 7.62. The number of methoxy groups -OCH3 is 1. The number of ketones is 1. The molecule has 0 unspecified atom stereocenters. The topological polar surface area (TPSA) is 26.3 Å². The molecule has 0 fully saturated rings. The van der Waals surface area contributed by atoms with Crippen molar-refractivity contribution in [2.75, 3.05) is 7.11 Å². The quantitative estimate of drug-likeness (QED) is 0.708. The van der Waals surface area contributed by atoms with Crippen molar-refractivity contribution in [1.29, 1.82) is 0 Å². The molecule has 0 aliphatic carbocycles. The van der Waals surface area contributed by atoms with Crippen molar-refractivity contribution in [2.45, 2.75) is 6.42 Å². The Morgan fingerprint density at radius 1 is 1.33 bits per heavy atom. The lowest BCUT2D eigenvalue weighted by Crippen LogP contribution is -2.04. The molecule has 0 bridgehead atoms. The van der Waals surface area contributed by atoms with Crippen LogP contribution in [0.4, 0.5) is 0 Å². The molecule has 0 aliphatic rings. The second-order valence-electron chi connectivity index (χ2n) is 3.65. The Bertz CT molecular complexity index is 578. The van der Waals surface area contributed by atoms with Gasteiger partial charge in [-0.05, 0) is 44.0 Å². The van der Waals surface area contributed by atoms with Crippen LogP contribution < -0.4 is 4.74 Å². The maximum Gasteiger partial charge on any atom is 0.169 e. The van der Waals surface area contributed by atoms with E-state index in [1.807, 2.05) is 30.3 Å². The summed E-state index contributed by atoms with van der Waals surface area (Å²) in [5, 5.41) is 0. The Morgan fingerprint density at radius 3 is 2.67 bits per heavy atom. The van der Waals surface area contributed by atoms with Crippen LogP contribution in [0.2, 0.25) is 0 Å². The Hall–Kier alpha value is -0.650. The zero-order valence-electron chi connectivity index (χ0n) is 9.57. The van der Waals surface area contributed by atoms with Crippen LogP contribution >= 0.6 is 43.2 Å². The van der Waals surface area contributed by atoms with Gasteiger partial charge in [-0.2, -0.15) is 0 Å². The second-order valence-corrected chi connectivity index (χ2v) is 7.40. The molecule has 0 amide bonds. The molecule has 18 heavy (non-hydrogen) atoms. The molecule has 1 heterocycles. The van der Waals surface area contributed by atoms with Gasteiger partial charge in [0.15, 0.2) is 5.78 Å². The zero-order chi connectivity index (χ0) is 13.1. The molecular weight excluding hydrogens is 380 g/mol. The molecule has 0 saturated heterocycles. The van der Waals surface area contributed by atoms with E-state index in [0.29, 0.717) is 12.0 Å². The number of benzene rings is 1. The maximum atomic E-state index is 12.2. The highest BCUT2D eigenvalue weighted by Crippen LogP contribution is 2.33. The van der Waals surface area contributed by atoms with Crippen LogP contribution in [0.15, 0.2) is 37.9 Å². The van der Waals surface area contributed by atoms with E-state index in [1.165, 1.54) is 11.3 Å². The van der Waals surface area contributed by atoms with Gasteiger partial charge in [0.25, 0.3) is 0 Å². The van der Waals surface area contributed by atoms with Crippen LogP contribution in [-0.4, -0.2) is 12.9 Å². The van der Waals surface area contributed by atoms with Crippen LogP contribution in [0.1, 0.15) is 15.9 Å². The van der Waals surface area contributed by atoms with Crippen molar-refractivity contribution in [1.82, 2.24) is 0 Å². The Kier molecular flexibility index (Phi) is 4.59. The number of ether oxygens (including phenoxy) is 1. The van der Waals surface area contributed by atoms with E-state index in [9.17, 15) is 4.79 Å². The molecule has 0 N–H and O–H groups in total. The zero-order valence-corrected chi connectivity index (χ0v) is 13.6. The molecule has 1 aromatic carbocycles. The summed E-state index contributed by atoms with van der Waals surface area (Å²) in [6.45, 7) is 0. The normalized spacial score (nSPS) is 10.4. The summed E-state index contributed by atoms with van der Waals surface area (Å²) in [6.07, 6.45) is 0.339. The number of carbonyl (C=O) groups excluding carboxylic acids is 1. The van der Waals surface area contributed by atoms with Crippen molar-refractivity contribution in [2.24, 2.45) is 0 Å². The third-order valence-corrected chi connectivity index (χ3v) is 4.84. The van der Waals surface area contributed by atoms with Gasteiger partial charge in [0, 0.05) is 17.5 Å². The van der Waals surface area contributed by atoms with E-state index in [2.05, 4.69) is 31.9 Å². The molecule has 0 atom stereocenters. The first kappa shape index (κ1) is 13.8. The van der Waals surface area contributed by atoms with Crippen LogP contribution in [0, 0.1) is 0 Å². The molecule has 0 spiro atoms. The van der Waals surface area contributed by atoms with Crippen molar-refractivity contribution in [3.05, 3.63) is 49.0 Å².